The van der Waals surface area contributed by atoms with Crippen LogP contribution in [0.1, 0.15) is 28.9 Å². The van der Waals surface area contributed by atoms with Gasteiger partial charge in [0.1, 0.15) is 24.4 Å². The van der Waals surface area contributed by atoms with Gasteiger partial charge in [-0.25, -0.2) is 0 Å². The van der Waals surface area contributed by atoms with E-state index >= 15 is 0 Å². The molecule has 2 N–H and O–H groups in total. The maximum absolute atomic E-state index is 10.4. The third-order valence-electron chi connectivity index (χ3n) is 5.15. The first-order chi connectivity index (χ1) is 10.7. The van der Waals surface area contributed by atoms with Gasteiger partial charge in [0.25, 0.3) is 0 Å². The van der Waals surface area contributed by atoms with Gasteiger partial charge in [0.2, 0.25) is 0 Å². The number of aliphatic hydroxyl groups excluding tert-OH is 2. The Morgan fingerprint density at radius 3 is 2.68 bits per heavy atom. The van der Waals surface area contributed by atoms with Gasteiger partial charge in [-0.15, -0.1) is 0 Å². The maximum Gasteiger partial charge on any atom is 0.118 e. The maximum atomic E-state index is 10.4. The number of hydrogen-bond acceptors (Lipinski definition) is 3. The van der Waals surface area contributed by atoms with Crippen molar-refractivity contribution in [3.05, 3.63) is 59.2 Å². The Balaban J connectivity index is 1.93. The molecule has 3 heteroatoms. The first kappa shape index (κ1) is 12.6. The van der Waals surface area contributed by atoms with E-state index in [1.165, 1.54) is 16.3 Å². The predicted octanol–water partition coefficient (Wildman–Crippen LogP) is 3.15. The second-order valence-corrected chi connectivity index (χ2v) is 6.35. The third kappa shape index (κ3) is 1.46. The normalized spacial score (nSPS) is 29.4. The fraction of sp³-hybridized carbons (Fsp3) is 0.263. The molecule has 1 fully saturated rings. The number of benzene rings is 3. The summed E-state index contributed by atoms with van der Waals surface area (Å²) in [6.07, 6.45) is -2.04. The Kier molecular flexibility index (Phi) is 2.33. The molecule has 0 saturated carbocycles. The van der Waals surface area contributed by atoms with Crippen molar-refractivity contribution in [2.45, 2.75) is 31.3 Å². The summed E-state index contributed by atoms with van der Waals surface area (Å²) in [5.41, 5.74) is 3.07. The molecule has 2 aliphatic rings. The van der Waals surface area contributed by atoms with Crippen LogP contribution < -0.4 is 0 Å². The van der Waals surface area contributed by atoms with E-state index in [-0.39, 0.29) is 12.2 Å². The zero-order valence-corrected chi connectivity index (χ0v) is 12.2. The molecule has 3 nitrogen and oxygen atoms in total. The number of fused-ring (bicyclic) bond motifs is 6. The fourth-order valence-corrected chi connectivity index (χ4v) is 4.00. The summed E-state index contributed by atoms with van der Waals surface area (Å²) in [5.74, 6) is 0. The molecule has 4 atom stereocenters. The second-order valence-electron chi connectivity index (χ2n) is 6.35. The third-order valence-corrected chi connectivity index (χ3v) is 5.15. The van der Waals surface area contributed by atoms with Crippen LogP contribution in [0.3, 0.4) is 0 Å². The highest BCUT2D eigenvalue weighted by atomic mass is 16.6. The van der Waals surface area contributed by atoms with Gasteiger partial charge in [-0.1, -0.05) is 36.4 Å². The van der Waals surface area contributed by atoms with Gasteiger partial charge >= 0.3 is 0 Å². The summed E-state index contributed by atoms with van der Waals surface area (Å²) in [6.45, 7) is 2.12. The predicted molar refractivity (Wildman–Crippen MR) is 84.8 cm³/mol. The molecular formula is C19H16O3. The number of hydrogen-bond donors (Lipinski definition) is 2. The smallest absolute Gasteiger partial charge is 0.118 e. The highest BCUT2D eigenvalue weighted by Crippen LogP contribution is 2.53. The van der Waals surface area contributed by atoms with Gasteiger partial charge in [0.15, 0.2) is 0 Å². The number of aliphatic hydroxyl groups is 2. The van der Waals surface area contributed by atoms with E-state index in [1.807, 2.05) is 24.3 Å². The summed E-state index contributed by atoms with van der Waals surface area (Å²) in [7, 11) is 0. The Morgan fingerprint density at radius 1 is 1.00 bits per heavy atom. The highest BCUT2D eigenvalue weighted by molar-refractivity contribution is 6.04. The fourth-order valence-electron chi connectivity index (χ4n) is 4.00. The van der Waals surface area contributed by atoms with E-state index < -0.39 is 12.2 Å². The molecular weight excluding hydrogens is 276 g/mol. The lowest BCUT2D eigenvalue weighted by atomic mass is 9.82. The summed E-state index contributed by atoms with van der Waals surface area (Å²) >= 11 is 0. The number of epoxide rings is 1. The van der Waals surface area contributed by atoms with E-state index in [1.54, 1.807) is 0 Å². The second kappa shape index (κ2) is 4.07. The Labute approximate surface area is 127 Å². The topological polar surface area (TPSA) is 53.0 Å². The molecule has 110 valence electrons. The van der Waals surface area contributed by atoms with Gasteiger partial charge in [-0.2, -0.15) is 0 Å². The van der Waals surface area contributed by atoms with Crippen LogP contribution in [-0.2, 0) is 4.74 Å². The van der Waals surface area contributed by atoms with E-state index in [0.717, 1.165) is 21.9 Å². The zero-order valence-electron chi connectivity index (χ0n) is 12.2. The van der Waals surface area contributed by atoms with E-state index in [2.05, 4.69) is 25.1 Å². The lowest BCUT2D eigenvalue weighted by Crippen LogP contribution is -2.29. The summed E-state index contributed by atoms with van der Waals surface area (Å²) in [4.78, 5) is 0. The van der Waals surface area contributed by atoms with Crippen LogP contribution in [-0.4, -0.2) is 22.4 Å². The van der Waals surface area contributed by atoms with Crippen molar-refractivity contribution >= 4 is 21.5 Å². The molecule has 0 unspecified atom stereocenters. The standard InChI is InChI=1S/C19H16O3/c1-9-12-5-3-2-4-10(12)8-11-6-7-13-15(14(9)11)18-19(22-18)17(21)16(13)20/h2-8,16-21H,1H3/t16-,17+,18-,19+/m0/s1. The average Bonchev–Trinajstić information content (AvgIpc) is 3.33. The molecule has 22 heavy (non-hydrogen) atoms. The lowest BCUT2D eigenvalue weighted by Gasteiger charge is -2.25. The monoisotopic (exact) mass is 292 g/mol. The first-order valence-corrected chi connectivity index (χ1v) is 7.63. The van der Waals surface area contributed by atoms with Crippen LogP contribution in [0.15, 0.2) is 42.5 Å². The molecule has 1 aliphatic carbocycles. The molecule has 0 spiro atoms. The first-order valence-electron chi connectivity index (χ1n) is 7.63. The van der Waals surface area contributed by atoms with Gasteiger partial charge in [-0.05, 0) is 51.2 Å². The van der Waals surface area contributed by atoms with E-state index in [9.17, 15) is 10.2 Å². The number of aryl methyl sites for hydroxylation is 1. The van der Waals surface area contributed by atoms with Crippen LogP contribution in [0.25, 0.3) is 21.5 Å². The van der Waals surface area contributed by atoms with Crippen LogP contribution >= 0.6 is 0 Å². The highest BCUT2D eigenvalue weighted by Gasteiger charge is 2.54. The van der Waals surface area contributed by atoms with Crippen LogP contribution in [0.4, 0.5) is 0 Å². The molecule has 0 aromatic heterocycles. The van der Waals surface area contributed by atoms with Crippen LogP contribution in [0.2, 0.25) is 0 Å². The van der Waals surface area contributed by atoms with Gasteiger partial charge in [-0.3, -0.25) is 0 Å². The van der Waals surface area contributed by atoms with Crippen LogP contribution in [0.5, 0.6) is 0 Å². The molecule has 0 amide bonds. The Morgan fingerprint density at radius 2 is 1.82 bits per heavy atom. The molecule has 5 rings (SSSR count). The van der Waals surface area contributed by atoms with E-state index in [4.69, 9.17) is 4.74 Å². The summed E-state index contributed by atoms with van der Waals surface area (Å²) < 4.78 is 5.65. The Bertz CT molecular complexity index is 931. The molecule has 0 bridgehead atoms. The van der Waals surface area contributed by atoms with Crippen LogP contribution in [0, 0.1) is 6.92 Å². The Hall–Kier alpha value is -1.94. The van der Waals surface area contributed by atoms with Crippen molar-refractivity contribution < 1.29 is 14.9 Å². The summed E-state index contributed by atoms with van der Waals surface area (Å²) in [5, 5.41) is 25.2. The van der Waals surface area contributed by atoms with Gasteiger partial charge in [0, 0.05) is 0 Å². The SMILES string of the molecule is Cc1c2ccccc2cc2ccc3c(c12)[C@@H]1O[C@@H]1[C@H](O)[C@H]3O. The molecule has 3 aromatic carbocycles. The van der Waals surface area contributed by atoms with Gasteiger partial charge in [0.05, 0.1) is 0 Å². The quantitative estimate of drug-likeness (QED) is 0.494. The summed E-state index contributed by atoms with van der Waals surface area (Å²) in [6, 6.07) is 14.5. The average molecular weight is 292 g/mol. The van der Waals surface area contributed by atoms with Gasteiger partial charge < -0.3 is 14.9 Å². The number of ether oxygens (including phenoxy) is 1. The minimum Gasteiger partial charge on any atom is -0.387 e. The van der Waals surface area contributed by atoms with Crippen molar-refractivity contribution in [3.63, 3.8) is 0 Å². The molecule has 0 radical (unpaired) electrons. The molecule has 1 aliphatic heterocycles. The molecule has 3 aromatic rings. The van der Waals surface area contributed by atoms with Crippen molar-refractivity contribution in [2.24, 2.45) is 0 Å². The molecule has 1 saturated heterocycles. The van der Waals surface area contributed by atoms with Crippen molar-refractivity contribution in [1.82, 2.24) is 0 Å². The van der Waals surface area contributed by atoms with Crippen molar-refractivity contribution in [1.29, 1.82) is 0 Å². The molecule has 1 heterocycles. The minimum absolute atomic E-state index is 0.0861. The number of rotatable bonds is 0. The minimum atomic E-state index is -0.867. The largest absolute Gasteiger partial charge is 0.387 e. The lowest BCUT2D eigenvalue weighted by molar-refractivity contribution is 0.000104. The zero-order chi connectivity index (χ0) is 15.0. The van der Waals surface area contributed by atoms with E-state index in [0.29, 0.717) is 0 Å². The van der Waals surface area contributed by atoms with Crippen molar-refractivity contribution in [2.75, 3.05) is 0 Å². The van der Waals surface area contributed by atoms with Crippen molar-refractivity contribution in [3.8, 4) is 0 Å².